The Morgan fingerprint density at radius 3 is 1.22 bits per heavy atom. The second-order valence-corrected chi connectivity index (χ2v) is 16.4. The molecule has 0 fully saturated rings. The van der Waals surface area contributed by atoms with E-state index in [4.69, 9.17) is 0 Å². The highest BCUT2D eigenvalue weighted by molar-refractivity contribution is 7.23. The van der Waals surface area contributed by atoms with Crippen molar-refractivity contribution in [3.8, 4) is 54.9 Å². The molecule has 10 aromatic carbocycles. The highest BCUT2D eigenvalue weighted by atomic mass is 32.1. The first kappa shape index (κ1) is 35.6. The van der Waals surface area contributed by atoms with Crippen molar-refractivity contribution in [2.75, 3.05) is 4.90 Å². The largest absolute Gasteiger partial charge is 0.310 e. The van der Waals surface area contributed by atoms with Crippen molar-refractivity contribution in [1.82, 2.24) is 0 Å². The van der Waals surface area contributed by atoms with E-state index >= 15 is 0 Å². The summed E-state index contributed by atoms with van der Waals surface area (Å²) in [5.41, 5.74) is 14.4. The van der Waals surface area contributed by atoms with Crippen molar-refractivity contribution in [2.45, 2.75) is 0 Å². The Hall–Kier alpha value is -7.52. The number of benzene rings is 10. The predicted octanol–water partition coefficient (Wildman–Crippen LogP) is 17.0. The van der Waals surface area contributed by atoms with E-state index in [9.17, 15) is 0 Å². The van der Waals surface area contributed by atoms with Gasteiger partial charge < -0.3 is 4.90 Å². The summed E-state index contributed by atoms with van der Waals surface area (Å²) in [6.45, 7) is 0. The molecule has 0 aliphatic heterocycles. The summed E-state index contributed by atoms with van der Waals surface area (Å²) in [5, 5.41) is 6.19. The number of rotatable bonds is 8. The average Bonchev–Trinajstić information content (AvgIpc) is 3.71. The quantitative estimate of drug-likeness (QED) is 0.148. The third kappa shape index (κ3) is 6.73. The van der Waals surface area contributed by atoms with Gasteiger partial charge in [-0.2, -0.15) is 0 Å². The van der Waals surface area contributed by atoms with Gasteiger partial charge in [-0.05, 0) is 109 Å². The minimum atomic E-state index is 1.11. The smallest absolute Gasteiger partial charge is 0.0468 e. The van der Waals surface area contributed by atoms with Gasteiger partial charge >= 0.3 is 0 Å². The SMILES string of the molecule is c1ccc(-c2ccc(-c3sc4cc(-c5ccc(N(c6ccc7ccccc7c6)c6ccc7ccccc7c6)cc5)ccc4c3-c3ccc(-c4ccccc4)cc3)cc2)cc1. The second kappa shape index (κ2) is 15.3. The maximum atomic E-state index is 2.38. The molecule has 0 N–H and O–H groups in total. The average molecular weight is 782 g/mol. The summed E-state index contributed by atoms with van der Waals surface area (Å²) in [5.74, 6) is 0. The molecule has 1 nitrogen and oxygen atoms in total. The Bertz CT molecular complexity index is 3190. The lowest BCUT2D eigenvalue weighted by Gasteiger charge is -2.26. The highest BCUT2D eigenvalue weighted by Crippen LogP contribution is 2.47. The van der Waals surface area contributed by atoms with Crippen molar-refractivity contribution in [2.24, 2.45) is 0 Å². The first-order valence-electron chi connectivity index (χ1n) is 20.5. The van der Waals surface area contributed by atoms with Gasteiger partial charge in [0, 0.05) is 37.6 Å². The first-order chi connectivity index (χ1) is 29.7. The zero-order chi connectivity index (χ0) is 39.8. The van der Waals surface area contributed by atoms with Crippen LogP contribution in [0.3, 0.4) is 0 Å². The van der Waals surface area contributed by atoms with Crippen molar-refractivity contribution >= 4 is 60.0 Å². The van der Waals surface area contributed by atoms with E-state index in [1.807, 2.05) is 11.3 Å². The van der Waals surface area contributed by atoms with E-state index in [0.717, 1.165) is 17.1 Å². The molecule has 0 radical (unpaired) electrons. The van der Waals surface area contributed by atoms with Crippen LogP contribution in [-0.4, -0.2) is 0 Å². The first-order valence-corrected chi connectivity index (χ1v) is 21.3. The molecule has 0 aliphatic carbocycles. The van der Waals surface area contributed by atoms with Gasteiger partial charge in [0.05, 0.1) is 0 Å². The lowest BCUT2D eigenvalue weighted by atomic mass is 9.95. The van der Waals surface area contributed by atoms with E-state index in [1.54, 1.807) is 0 Å². The Kier molecular flexibility index (Phi) is 9.11. The fraction of sp³-hybridized carbons (Fsp3) is 0. The molecule has 0 unspecified atom stereocenters. The van der Waals surface area contributed by atoms with E-state index in [-0.39, 0.29) is 0 Å². The standard InChI is InChI=1S/C58H39NS/c1-3-11-40(12-4-1)44-19-23-47(24-20-44)57-55-36-31-51(39-56(55)60-58(57)48-25-21-45(22-26-48)41-13-5-2-6-14-41)46-27-32-52(33-28-46)59(53-34-29-42-15-7-9-17-49(42)37-53)54-35-30-43-16-8-10-18-50(43)38-54/h1-39H. The van der Waals surface area contributed by atoms with Gasteiger partial charge in [0.1, 0.15) is 0 Å². The molecule has 0 spiro atoms. The fourth-order valence-corrected chi connectivity index (χ4v) is 9.82. The van der Waals surface area contributed by atoms with Gasteiger partial charge in [-0.25, -0.2) is 0 Å². The zero-order valence-corrected chi connectivity index (χ0v) is 33.7. The van der Waals surface area contributed by atoms with Crippen molar-refractivity contribution < 1.29 is 0 Å². The lowest BCUT2D eigenvalue weighted by molar-refractivity contribution is 1.29. The minimum absolute atomic E-state index is 1.11. The van der Waals surface area contributed by atoms with E-state index < -0.39 is 0 Å². The summed E-state index contributed by atoms with van der Waals surface area (Å²) in [4.78, 5) is 3.65. The van der Waals surface area contributed by atoms with Crippen LogP contribution in [0.25, 0.3) is 86.6 Å². The van der Waals surface area contributed by atoms with E-state index in [2.05, 4.69) is 241 Å². The number of hydrogen-bond donors (Lipinski definition) is 0. The maximum Gasteiger partial charge on any atom is 0.0468 e. The summed E-state index contributed by atoms with van der Waals surface area (Å²) in [6.07, 6.45) is 0. The second-order valence-electron chi connectivity index (χ2n) is 15.3. The summed E-state index contributed by atoms with van der Waals surface area (Å²) < 4.78 is 1.27. The Morgan fingerprint density at radius 1 is 0.267 bits per heavy atom. The highest BCUT2D eigenvalue weighted by Gasteiger charge is 2.18. The van der Waals surface area contributed by atoms with E-state index in [1.165, 1.54) is 86.6 Å². The molecule has 60 heavy (non-hydrogen) atoms. The topological polar surface area (TPSA) is 3.24 Å². The Labute approximate surface area is 354 Å². The fourth-order valence-electron chi connectivity index (χ4n) is 8.55. The third-order valence-corrected chi connectivity index (χ3v) is 12.9. The normalized spacial score (nSPS) is 11.3. The van der Waals surface area contributed by atoms with Gasteiger partial charge in [0.2, 0.25) is 0 Å². The Balaban J connectivity index is 0.987. The zero-order valence-electron chi connectivity index (χ0n) is 32.9. The van der Waals surface area contributed by atoms with Gasteiger partial charge in [-0.15, -0.1) is 11.3 Å². The molecule has 11 aromatic rings. The lowest BCUT2D eigenvalue weighted by Crippen LogP contribution is -2.09. The summed E-state index contributed by atoms with van der Waals surface area (Å²) in [7, 11) is 0. The predicted molar refractivity (Wildman–Crippen MR) is 259 cm³/mol. The van der Waals surface area contributed by atoms with Crippen LogP contribution in [0.15, 0.2) is 237 Å². The molecule has 0 amide bonds. The number of thiophene rings is 1. The van der Waals surface area contributed by atoms with Crippen LogP contribution < -0.4 is 4.90 Å². The van der Waals surface area contributed by atoms with Gasteiger partial charge in [0.15, 0.2) is 0 Å². The number of hydrogen-bond acceptors (Lipinski definition) is 2. The molecule has 2 heteroatoms. The molecular formula is C58H39NS. The van der Waals surface area contributed by atoms with E-state index in [0.29, 0.717) is 0 Å². The molecule has 282 valence electrons. The summed E-state index contributed by atoms with van der Waals surface area (Å²) >= 11 is 1.88. The molecule has 0 bridgehead atoms. The maximum absolute atomic E-state index is 2.38. The summed E-state index contributed by atoms with van der Waals surface area (Å²) in [6, 6.07) is 86.1. The van der Waals surface area contributed by atoms with Crippen LogP contribution in [0.5, 0.6) is 0 Å². The van der Waals surface area contributed by atoms with Crippen LogP contribution in [0, 0.1) is 0 Å². The number of anilines is 3. The molecule has 0 atom stereocenters. The van der Waals surface area contributed by atoms with Crippen molar-refractivity contribution in [3.63, 3.8) is 0 Å². The van der Waals surface area contributed by atoms with Crippen LogP contribution in [-0.2, 0) is 0 Å². The third-order valence-electron chi connectivity index (χ3n) is 11.7. The van der Waals surface area contributed by atoms with Gasteiger partial charge in [0.25, 0.3) is 0 Å². The van der Waals surface area contributed by atoms with Crippen LogP contribution in [0.1, 0.15) is 0 Å². The van der Waals surface area contributed by atoms with Crippen molar-refractivity contribution in [1.29, 1.82) is 0 Å². The molecule has 0 saturated heterocycles. The minimum Gasteiger partial charge on any atom is -0.310 e. The molecule has 1 aromatic heterocycles. The molecule has 0 saturated carbocycles. The molecule has 1 heterocycles. The van der Waals surface area contributed by atoms with Crippen LogP contribution in [0.2, 0.25) is 0 Å². The monoisotopic (exact) mass is 781 g/mol. The van der Waals surface area contributed by atoms with Crippen LogP contribution in [0.4, 0.5) is 17.1 Å². The van der Waals surface area contributed by atoms with Gasteiger partial charge in [-0.3, -0.25) is 0 Å². The number of nitrogens with zero attached hydrogens (tertiary/aromatic N) is 1. The van der Waals surface area contributed by atoms with Gasteiger partial charge in [-0.1, -0.05) is 194 Å². The van der Waals surface area contributed by atoms with Crippen LogP contribution >= 0.6 is 11.3 Å². The molecule has 11 rings (SSSR count). The Morgan fingerprint density at radius 2 is 0.667 bits per heavy atom. The molecule has 0 aliphatic rings. The number of fused-ring (bicyclic) bond motifs is 3. The van der Waals surface area contributed by atoms with Crippen molar-refractivity contribution in [3.05, 3.63) is 237 Å². The molecular weight excluding hydrogens is 743 g/mol.